The summed E-state index contributed by atoms with van der Waals surface area (Å²) < 4.78 is 11.9. The number of anilines is 1. The van der Waals surface area contributed by atoms with Crippen molar-refractivity contribution in [1.29, 1.82) is 0 Å². The van der Waals surface area contributed by atoms with Crippen molar-refractivity contribution >= 4 is 22.7 Å². The first kappa shape index (κ1) is 28.5. The lowest BCUT2D eigenvalue weighted by Crippen LogP contribution is -2.50. The molecule has 0 radical (unpaired) electrons. The fraction of sp³-hybridized carbons (Fsp3) is 0.545. The Kier molecular flexibility index (Phi) is 7.87. The van der Waals surface area contributed by atoms with Crippen molar-refractivity contribution < 1.29 is 19.4 Å². The maximum Gasteiger partial charge on any atom is 0.410 e. The van der Waals surface area contributed by atoms with E-state index in [2.05, 4.69) is 35.0 Å². The SMILES string of the molecule is CN1CCC[C@H]1COc1nc2c(c(N3CCN(C(=O)OC(C)(C)C)CC3)n1)CCC(c1cc(O)cc3ccccc13)C2. The van der Waals surface area contributed by atoms with E-state index in [1.54, 1.807) is 4.90 Å². The Morgan fingerprint density at radius 1 is 1.05 bits per heavy atom. The molecule has 0 bridgehead atoms. The lowest BCUT2D eigenvalue weighted by Gasteiger charge is -2.38. The second-order valence-electron chi connectivity index (χ2n) is 13.0. The van der Waals surface area contributed by atoms with Crippen molar-refractivity contribution in [2.75, 3.05) is 51.3 Å². The largest absolute Gasteiger partial charge is 0.508 e. The topological polar surface area (TPSA) is 91.3 Å². The molecule has 42 heavy (non-hydrogen) atoms. The highest BCUT2D eigenvalue weighted by molar-refractivity contribution is 5.87. The summed E-state index contributed by atoms with van der Waals surface area (Å²) in [5.41, 5.74) is 2.84. The summed E-state index contributed by atoms with van der Waals surface area (Å²) >= 11 is 0. The molecule has 3 aromatic rings. The highest BCUT2D eigenvalue weighted by Crippen LogP contribution is 2.40. The van der Waals surface area contributed by atoms with E-state index in [1.807, 2.05) is 39.0 Å². The molecule has 2 fully saturated rings. The zero-order chi connectivity index (χ0) is 29.4. The number of aromatic nitrogens is 2. The van der Waals surface area contributed by atoms with Crippen LogP contribution in [0.2, 0.25) is 0 Å². The minimum atomic E-state index is -0.517. The van der Waals surface area contributed by atoms with Gasteiger partial charge in [0.15, 0.2) is 0 Å². The summed E-state index contributed by atoms with van der Waals surface area (Å²) in [6, 6.07) is 12.8. The summed E-state index contributed by atoms with van der Waals surface area (Å²) in [5, 5.41) is 12.7. The molecule has 2 saturated heterocycles. The molecule has 1 aromatic heterocycles. The van der Waals surface area contributed by atoms with E-state index in [4.69, 9.17) is 19.4 Å². The molecule has 0 spiro atoms. The van der Waals surface area contributed by atoms with E-state index in [-0.39, 0.29) is 12.0 Å². The van der Waals surface area contributed by atoms with Crippen LogP contribution in [0.15, 0.2) is 36.4 Å². The van der Waals surface area contributed by atoms with Crippen LogP contribution in [0.1, 0.15) is 62.8 Å². The number of rotatable bonds is 5. The number of likely N-dealkylation sites (tertiary alicyclic amines) is 1. The Hall–Kier alpha value is -3.59. The normalized spacial score (nSPS) is 21.4. The lowest BCUT2D eigenvalue weighted by atomic mass is 9.80. The van der Waals surface area contributed by atoms with Gasteiger partial charge in [-0.2, -0.15) is 9.97 Å². The van der Waals surface area contributed by atoms with Gasteiger partial charge < -0.3 is 29.3 Å². The van der Waals surface area contributed by atoms with Gasteiger partial charge in [-0.25, -0.2) is 4.79 Å². The quantitative estimate of drug-likeness (QED) is 0.449. The first-order valence-electron chi connectivity index (χ1n) is 15.3. The molecule has 6 rings (SSSR count). The number of carbonyl (C=O) groups is 1. The van der Waals surface area contributed by atoms with Crippen LogP contribution in [0.3, 0.4) is 0 Å². The minimum Gasteiger partial charge on any atom is -0.508 e. The molecule has 1 N–H and O–H groups in total. The van der Waals surface area contributed by atoms with Crippen molar-refractivity contribution in [1.82, 2.24) is 19.8 Å². The van der Waals surface area contributed by atoms with Gasteiger partial charge in [0.25, 0.3) is 0 Å². The number of fused-ring (bicyclic) bond motifs is 2. The van der Waals surface area contributed by atoms with Crippen LogP contribution < -0.4 is 9.64 Å². The molecule has 1 unspecified atom stereocenters. The van der Waals surface area contributed by atoms with Crippen LogP contribution in [0, 0.1) is 0 Å². The van der Waals surface area contributed by atoms with E-state index >= 15 is 0 Å². The number of hydrogen-bond acceptors (Lipinski definition) is 8. The summed E-state index contributed by atoms with van der Waals surface area (Å²) in [5.74, 6) is 1.46. The lowest BCUT2D eigenvalue weighted by molar-refractivity contribution is 0.0240. The first-order valence-corrected chi connectivity index (χ1v) is 15.3. The molecule has 2 aromatic carbocycles. The summed E-state index contributed by atoms with van der Waals surface area (Å²) in [7, 11) is 2.15. The van der Waals surface area contributed by atoms with Gasteiger partial charge in [0.05, 0.1) is 5.69 Å². The van der Waals surface area contributed by atoms with Crippen molar-refractivity contribution in [3.8, 4) is 11.8 Å². The Morgan fingerprint density at radius 2 is 1.83 bits per heavy atom. The maximum absolute atomic E-state index is 12.7. The number of ether oxygens (including phenoxy) is 2. The molecule has 9 nitrogen and oxygen atoms in total. The van der Waals surface area contributed by atoms with Crippen molar-refractivity contribution in [3.05, 3.63) is 53.2 Å². The van der Waals surface area contributed by atoms with Gasteiger partial charge in [-0.3, -0.25) is 0 Å². The van der Waals surface area contributed by atoms with Gasteiger partial charge in [-0.1, -0.05) is 24.3 Å². The predicted octanol–water partition coefficient (Wildman–Crippen LogP) is 5.14. The summed E-state index contributed by atoms with van der Waals surface area (Å²) in [6.45, 7) is 9.85. The van der Waals surface area contributed by atoms with Gasteiger partial charge in [-0.05, 0) is 101 Å². The van der Waals surface area contributed by atoms with Crippen LogP contribution in [0.25, 0.3) is 10.8 Å². The predicted molar refractivity (Wildman–Crippen MR) is 164 cm³/mol. The van der Waals surface area contributed by atoms with E-state index < -0.39 is 5.60 Å². The van der Waals surface area contributed by atoms with E-state index in [1.165, 1.54) is 17.4 Å². The molecule has 3 aliphatic rings. The molecule has 1 amide bonds. The Balaban J connectivity index is 1.27. The molecule has 2 aliphatic heterocycles. The molecule has 9 heteroatoms. The maximum atomic E-state index is 12.7. The molecular formula is C33H43N5O4. The monoisotopic (exact) mass is 573 g/mol. The van der Waals surface area contributed by atoms with E-state index in [9.17, 15) is 9.90 Å². The van der Waals surface area contributed by atoms with Crippen LogP contribution >= 0.6 is 0 Å². The molecule has 2 atom stereocenters. The zero-order valence-corrected chi connectivity index (χ0v) is 25.3. The standard InChI is InChI=1S/C33H43N5O4/c1-33(2,3)42-32(40)38-16-14-37(15-17-38)30-27-12-11-23(28-20-25(39)18-22-8-5-6-10-26(22)28)19-29(27)34-31(35-30)41-21-24-9-7-13-36(24)4/h5-6,8,10,18,20,23-24,39H,7,9,11-17,19,21H2,1-4H3/t23?,24-/m0/s1. The Labute approximate surface area is 248 Å². The third kappa shape index (κ3) is 6.11. The molecule has 3 heterocycles. The van der Waals surface area contributed by atoms with E-state index in [0.717, 1.165) is 54.7 Å². The number of piperazine rings is 1. The second kappa shape index (κ2) is 11.6. The number of phenols is 1. The number of benzene rings is 2. The van der Waals surface area contributed by atoms with Gasteiger partial charge in [0.2, 0.25) is 0 Å². The number of aromatic hydroxyl groups is 1. The smallest absolute Gasteiger partial charge is 0.410 e. The molecular weight excluding hydrogens is 530 g/mol. The van der Waals surface area contributed by atoms with Gasteiger partial charge in [0, 0.05) is 37.8 Å². The van der Waals surface area contributed by atoms with Crippen molar-refractivity contribution in [3.63, 3.8) is 0 Å². The van der Waals surface area contributed by atoms with Gasteiger partial charge >= 0.3 is 12.1 Å². The van der Waals surface area contributed by atoms with Crippen LogP contribution in [0.4, 0.5) is 10.6 Å². The molecule has 224 valence electrons. The number of nitrogens with zero attached hydrogens (tertiary/aromatic N) is 5. The number of amides is 1. The highest BCUT2D eigenvalue weighted by atomic mass is 16.6. The number of phenolic OH excluding ortho intramolecular Hbond substituents is 1. The second-order valence-corrected chi connectivity index (χ2v) is 13.0. The number of hydrogen-bond donors (Lipinski definition) is 1. The van der Waals surface area contributed by atoms with E-state index in [0.29, 0.717) is 50.6 Å². The number of carbonyl (C=O) groups excluding carboxylic acids is 1. The fourth-order valence-corrected chi connectivity index (χ4v) is 6.62. The fourth-order valence-electron chi connectivity index (χ4n) is 6.62. The Morgan fingerprint density at radius 3 is 2.57 bits per heavy atom. The molecule has 1 aliphatic carbocycles. The van der Waals surface area contributed by atoms with Gasteiger partial charge in [0.1, 0.15) is 23.8 Å². The average Bonchev–Trinajstić information content (AvgIpc) is 3.38. The van der Waals surface area contributed by atoms with Crippen LogP contribution in [0.5, 0.6) is 11.8 Å². The third-order valence-electron chi connectivity index (χ3n) is 8.86. The van der Waals surface area contributed by atoms with Crippen molar-refractivity contribution in [2.24, 2.45) is 0 Å². The number of likely N-dealkylation sites (N-methyl/N-ethyl adjacent to an activating group) is 1. The van der Waals surface area contributed by atoms with Crippen molar-refractivity contribution in [2.45, 2.75) is 70.4 Å². The van der Waals surface area contributed by atoms with Crippen LogP contribution in [-0.2, 0) is 17.6 Å². The highest BCUT2D eigenvalue weighted by Gasteiger charge is 2.32. The Bertz CT molecular complexity index is 1450. The third-order valence-corrected chi connectivity index (χ3v) is 8.86. The summed E-state index contributed by atoms with van der Waals surface area (Å²) in [6.07, 6.45) is 4.59. The summed E-state index contributed by atoms with van der Waals surface area (Å²) in [4.78, 5) is 29.1. The minimum absolute atomic E-state index is 0.232. The first-order chi connectivity index (χ1) is 20.1. The van der Waals surface area contributed by atoms with Gasteiger partial charge in [-0.15, -0.1) is 0 Å². The van der Waals surface area contributed by atoms with Crippen LogP contribution in [-0.4, -0.2) is 89.0 Å². The molecule has 0 saturated carbocycles. The average molecular weight is 574 g/mol. The zero-order valence-electron chi connectivity index (χ0n) is 25.3.